The molecular weight excluding hydrogens is 328 g/mol. The fourth-order valence-corrected chi connectivity index (χ4v) is 2.89. The number of anilines is 1. The summed E-state index contributed by atoms with van der Waals surface area (Å²) in [5.74, 6) is -0.117. The summed E-state index contributed by atoms with van der Waals surface area (Å²) in [6, 6.07) is -0.233. The molecule has 0 N–H and O–H groups in total. The topological polar surface area (TPSA) is 104 Å². The van der Waals surface area contributed by atoms with Crippen LogP contribution in [0.1, 0.15) is 26.8 Å². The maximum absolute atomic E-state index is 12.7. The lowest BCUT2D eigenvalue weighted by Gasteiger charge is -2.28. The monoisotopic (exact) mass is 348 g/mol. The lowest BCUT2D eigenvalue weighted by atomic mass is 10.2. The highest BCUT2D eigenvalue weighted by Crippen LogP contribution is 2.29. The van der Waals surface area contributed by atoms with E-state index in [4.69, 9.17) is 4.74 Å². The fraction of sp³-hybridized carbons (Fsp3) is 0.533. The summed E-state index contributed by atoms with van der Waals surface area (Å²) in [4.78, 5) is 41.1. The number of ether oxygens (including phenoxy) is 1. The predicted octanol–water partition coefficient (Wildman–Crippen LogP) is -0.246. The van der Waals surface area contributed by atoms with Gasteiger partial charge in [-0.1, -0.05) is 0 Å². The molecule has 10 nitrogen and oxygen atoms in total. The fourth-order valence-electron chi connectivity index (χ4n) is 2.89. The van der Waals surface area contributed by atoms with Gasteiger partial charge in [0.25, 0.3) is 5.56 Å². The lowest BCUT2D eigenvalue weighted by Crippen LogP contribution is -2.39. The molecule has 3 rings (SSSR count). The molecular formula is C15H20N6O4. The first kappa shape index (κ1) is 16.9. The van der Waals surface area contributed by atoms with E-state index in [1.165, 1.54) is 16.6 Å². The Morgan fingerprint density at radius 2 is 1.92 bits per heavy atom. The van der Waals surface area contributed by atoms with Gasteiger partial charge in [0.2, 0.25) is 5.95 Å². The maximum atomic E-state index is 12.7. The summed E-state index contributed by atoms with van der Waals surface area (Å²) < 4.78 is 9.04. The molecule has 0 radical (unpaired) electrons. The van der Waals surface area contributed by atoms with Gasteiger partial charge < -0.3 is 4.74 Å². The van der Waals surface area contributed by atoms with E-state index in [0.717, 1.165) is 4.57 Å². The van der Waals surface area contributed by atoms with E-state index in [0.29, 0.717) is 17.2 Å². The van der Waals surface area contributed by atoms with Crippen LogP contribution in [0.15, 0.2) is 14.7 Å². The molecule has 1 atom stereocenters. The molecule has 3 heterocycles. The molecule has 0 saturated heterocycles. The Hall–Kier alpha value is -2.91. The number of nitrogens with zero attached hydrogens (tertiary/aromatic N) is 6. The third-order valence-electron chi connectivity index (χ3n) is 4.36. The molecule has 0 bridgehead atoms. The summed E-state index contributed by atoms with van der Waals surface area (Å²) in [7, 11) is 2.98. The van der Waals surface area contributed by atoms with Crippen molar-refractivity contribution in [2.45, 2.75) is 26.8 Å². The van der Waals surface area contributed by atoms with Gasteiger partial charge in [-0.3, -0.25) is 23.3 Å². The van der Waals surface area contributed by atoms with Gasteiger partial charge in [-0.2, -0.15) is 10.1 Å². The standard InChI is InChI=1S/C15H20N6O4/c1-6-25-10(22)7-20-14-16-12-11(21(14)9(3)8(2)17-20)13(23)19(5)15(24)18(12)4/h9H,6-7H2,1-5H3/t9-/m1/s1. The van der Waals surface area contributed by atoms with Crippen molar-refractivity contribution < 1.29 is 9.53 Å². The average Bonchev–Trinajstić information content (AvgIpc) is 2.97. The smallest absolute Gasteiger partial charge is 0.332 e. The van der Waals surface area contributed by atoms with Crippen LogP contribution >= 0.6 is 0 Å². The molecule has 10 heteroatoms. The van der Waals surface area contributed by atoms with Crippen molar-refractivity contribution in [1.82, 2.24) is 18.7 Å². The van der Waals surface area contributed by atoms with E-state index in [-0.39, 0.29) is 24.8 Å². The minimum atomic E-state index is -0.463. The maximum Gasteiger partial charge on any atom is 0.332 e. The zero-order chi connectivity index (χ0) is 18.5. The molecule has 0 aromatic carbocycles. The van der Waals surface area contributed by atoms with Crippen molar-refractivity contribution >= 4 is 28.8 Å². The Morgan fingerprint density at radius 1 is 1.24 bits per heavy atom. The summed E-state index contributed by atoms with van der Waals surface area (Å²) in [6.45, 7) is 5.55. The van der Waals surface area contributed by atoms with E-state index < -0.39 is 17.2 Å². The van der Waals surface area contributed by atoms with Gasteiger partial charge in [-0.05, 0) is 20.8 Å². The van der Waals surface area contributed by atoms with Crippen molar-refractivity contribution in [3.63, 3.8) is 0 Å². The van der Waals surface area contributed by atoms with Crippen LogP contribution in [-0.2, 0) is 23.6 Å². The number of rotatable bonds is 3. The number of aromatic nitrogens is 4. The molecule has 0 unspecified atom stereocenters. The van der Waals surface area contributed by atoms with Crippen LogP contribution in [0.5, 0.6) is 0 Å². The first-order chi connectivity index (χ1) is 11.8. The van der Waals surface area contributed by atoms with Crippen molar-refractivity contribution in [3.8, 4) is 0 Å². The normalized spacial score (nSPS) is 16.8. The second-order valence-electron chi connectivity index (χ2n) is 5.94. The number of hydrogen-bond donors (Lipinski definition) is 0. The van der Waals surface area contributed by atoms with Crippen LogP contribution in [0.2, 0.25) is 0 Å². The van der Waals surface area contributed by atoms with Crippen molar-refractivity contribution in [1.29, 1.82) is 0 Å². The zero-order valence-corrected chi connectivity index (χ0v) is 14.8. The van der Waals surface area contributed by atoms with E-state index in [9.17, 15) is 14.4 Å². The molecule has 0 fully saturated rings. The molecule has 134 valence electrons. The third kappa shape index (κ3) is 2.44. The molecule has 2 aromatic rings. The van der Waals surface area contributed by atoms with Crippen LogP contribution in [0.4, 0.5) is 5.95 Å². The third-order valence-corrected chi connectivity index (χ3v) is 4.36. The number of imidazole rings is 1. The van der Waals surface area contributed by atoms with E-state index >= 15 is 0 Å². The van der Waals surface area contributed by atoms with Crippen LogP contribution in [-0.4, -0.2) is 43.5 Å². The highest BCUT2D eigenvalue weighted by Gasteiger charge is 2.31. The predicted molar refractivity (Wildman–Crippen MR) is 92.0 cm³/mol. The van der Waals surface area contributed by atoms with Gasteiger partial charge in [-0.25, -0.2) is 9.80 Å². The van der Waals surface area contributed by atoms with Gasteiger partial charge in [0.15, 0.2) is 11.2 Å². The van der Waals surface area contributed by atoms with Crippen LogP contribution in [0.3, 0.4) is 0 Å². The number of fused-ring (bicyclic) bond motifs is 3. The Balaban J connectivity index is 2.28. The highest BCUT2D eigenvalue weighted by atomic mass is 16.5. The van der Waals surface area contributed by atoms with Crippen LogP contribution in [0, 0.1) is 0 Å². The minimum absolute atomic E-state index is 0.129. The van der Waals surface area contributed by atoms with E-state index in [2.05, 4.69) is 10.1 Å². The Morgan fingerprint density at radius 3 is 2.56 bits per heavy atom. The largest absolute Gasteiger partial charge is 0.465 e. The molecule has 1 aliphatic heterocycles. The first-order valence-electron chi connectivity index (χ1n) is 7.94. The molecule has 25 heavy (non-hydrogen) atoms. The number of hydrazone groups is 1. The van der Waals surface area contributed by atoms with Crippen LogP contribution < -0.4 is 16.3 Å². The molecule has 2 aromatic heterocycles. The number of esters is 1. The summed E-state index contributed by atoms with van der Waals surface area (Å²) in [6.07, 6.45) is 0. The van der Waals surface area contributed by atoms with Crippen molar-refractivity contribution in [3.05, 3.63) is 20.8 Å². The summed E-state index contributed by atoms with van der Waals surface area (Å²) in [5, 5.41) is 5.80. The number of carbonyl (C=O) groups is 1. The van der Waals surface area contributed by atoms with Crippen molar-refractivity contribution in [2.75, 3.05) is 18.2 Å². The molecule has 0 spiro atoms. The first-order valence-corrected chi connectivity index (χ1v) is 7.94. The Bertz CT molecular complexity index is 1010. The summed E-state index contributed by atoms with van der Waals surface area (Å²) in [5.41, 5.74) is 0.376. The summed E-state index contributed by atoms with van der Waals surface area (Å²) >= 11 is 0. The quantitative estimate of drug-likeness (QED) is 0.709. The minimum Gasteiger partial charge on any atom is -0.465 e. The van der Waals surface area contributed by atoms with Gasteiger partial charge in [-0.15, -0.1) is 0 Å². The molecule has 0 aliphatic carbocycles. The Kier molecular flexibility index (Phi) is 3.97. The van der Waals surface area contributed by atoms with Crippen LogP contribution in [0.25, 0.3) is 11.2 Å². The molecule has 0 saturated carbocycles. The molecule has 1 aliphatic rings. The molecule has 0 amide bonds. The number of hydrogen-bond acceptors (Lipinski definition) is 7. The van der Waals surface area contributed by atoms with Crippen molar-refractivity contribution in [2.24, 2.45) is 19.2 Å². The van der Waals surface area contributed by atoms with Gasteiger partial charge >= 0.3 is 11.7 Å². The average molecular weight is 348 g/mol. The van der Waals surface area contributed by atoms with Gasteiger partial charge in [0.05, 0.1) is 18.4 Å². The zero-order valence-electron chi connectivity index (χ0n) is 14.8. The lowest BCUT2D eigenvalue weighted by molar-refractivity contribution is -0.141. The second kappa shape index (κ2) is 5.87. The SMILES string of the molecule is CCOC(=O)CN1N=C(C)[C@@H](C)n2c1nc1c2c(=O)n(C)c(=O)n1C. The van der Waals surface area contributed by atoms with E-state index in [1.807, 2.05) is 13.8 Å². The number of carbonyl (C=O) groups excluding carboxylic acids is 1. The second-order valence-corrected chi connectivity index (χ2v) is 5.94. The van der Waals surface area contributed by atoms with E-state index in [1.54, 1.807) is 18.5 Å². The number of aryl methyl sites for hydroxylation is 1. The Labute approximate surface area is 142 Å². The van der Waals surface area contributed by atoms with Gasteiger partial charge in [0, 0.05) is 14.1 Å². The highest BCUT2D eigenvalue weighted by molar-refractivity contribution is 5.92. The van der Waals surface area contributed by atoms with Gasteiger partial charge in [0.1, 0.15) is 6.54 Å².